The molecule has 2 atom stereocenters. The molecule has 2 aliphatic rings. The van der Waals surface area contributed by atoms with E-state index in [4.69, 9.17) is 9.84 Å². The number of rotatable bonds is 8. The van der Waals surface area contributed by atoms with Gasteiger partial charge in [0.05, 0.1) is 6.10 Å². The molecule has 2 fully saturated rings. The lowest BCUT2D eigenvalue weighted by Gasteiger charge is -2.12. The number of ether oxygens (including phenoxy) is 1. The molecule has 108 valence electrons. The van der Waals surface area contributed by atoms with Crippen LogP contribution < -0.4 is 10.6 Å². The van der Waals surface area contributed by atoms with Gasteiger partial charge in [0.2, 0.25) is 5.91 Å². The molecule has 0 aromatic heterocycles. The number of carbonyl (C=O) groups is 2. The van der Waals surface area contributed by atoms with Crippen LogP contribution in [-0.2, 0) is 14.3 Å². The first-order valence-electron chi connectivity index (χ1n) is 7.03. The van der Waals surface area contributed by atoms with Gasteiger partial charge in [-0.25, -0.2) is 4.79 Å². The van der Waals surface area contributed by atoms with Gasteiger partial charge in [0, 0.05) is 19.0 Å². The standard InChI is InChI=1S/C13H22N2O4/c16-12(15-9-3-4-9)2-1-7-14-8-10-5-6-11(19-10)13(17)18/h9-11,14H,1-8H2,(H,15,16)(H,17,18). The molecule has 1 heterocycles. The van der Waals surface area contributed by atoms with E-state index in [1.165, 1.54) is 0 Å². The molecular weight excluding hydrogens is 248 g/mol. The molecule has 1 saturated heterocycles. The predicted octanol–water partition coefficient (Wildman–Crippen LogP) is 0.267. The summed E-state index contributed by atoms with van der Waals surface area (Å²) < 4.78 is 5.37. The normalized spacial score (nSPS) is 26.3. The van der Waals surface area contributed by atoms with E-state index in [1.807, 2.05) is 0 Å². The van der Waals surface area contributed by atoms with Crippen LogP contribution in [0.5, 0.6) is 0 Å². The molecule has 6 heteroatoms. The fourth-order valence-corrected chi connectivity index (χ4v) is 2.20. The van der Waals surface area contributed by atoms with Gasteiger partial charge in [0.25, 0.3) is 0 Å². The largest absolute Gasteiger partial charge is 0.479 e. The number of amides is 1. The smallest absolute Gasteiger partial charge is 0.332 e. The molecule has 0 aromatic rings. The Kier molecular flexibility index (Phi) is 5.15. The maximum Gasteiger partial charge on any atom is 0.332 e. The van der Waals surface area contributed by atoms with Crippen molar-refractivity contribution in [2.24, 2.45) is 0 Å². The van der Waals surface area contributed by atoms with Gasteiger partial charge in [-0.2, -0.15) is 0 Å². The first-order valence-corrected chi connectivity index (χ1v) is 7.03. The molecule has 6 nitrogen and oxygen atoms in total. The zero-order valence-corrected chi connectivity index (χ0v) is 11.1. The Bertz CT molecular complexity index is 331. The second kappa shape index (κ2) is 6.86. The second-order valence-corrected chi connectivity index (χ2v) is 5.31. The van der Waals surface area contributed by atoms with E-state index in [0.717, 1.165) is 32.2 Å². The van der Waals surface area contributed by atoms with Crippen molar-refractivity contribution < 1.29 is 19.4 Å². The van der Waals surface area contributed by atoms with E-state index >= 15 is 0 Å². The molecule has 0 radical (unpaired) electrons. The van der Waals surface area contributed by atoms with Crippen molar-refractivity contribution in [1.82, 2.24) is 10.6 Å². The van der Waals surface area contributed by atoms with Crippen molar-refractivity contribution in [3.8, 4) is 0 Å². The van der Waals surface area contributed by atoms with Crippen LogP contribution in [0.2, 0.25) is 0 Å². The van der Waals surface area contributed by atoms with E-state index in [0.29, 0.717) is 25.4 Å². The van der Waals surface area contributed by atoms with E-state index in [9.17, 15) is 9.59 Å². The first kappa shape index (κ1) is 14.3. The molecule has 2 unspecified atom stereocenters. The summed E-state index contributed by atoms with van der Waals surface area (Å²) in [5, 5.41) is 14.9. The molecule has 0 bridgehead atoms. The fourth-order valence-electron chi connectivity index (χ4n) is 2.20. The third kappa shape index (κ3) is 5.16. The highest BCUT2D eigenvalue weighted by molar-refractivity contribution is 5.76. The topological polar surface area (TPSA) is 87.7 Å². The van der Waals surface area contributed by atoms with Gasteiger partial charge in [-0.15, -0.1) is 0 Å². The predicted molar refractivity (Wildman–Crippen MR) is 68.8 cm³/mol. The van der Waals surface area contributed by atoms with Gasteiger partial charge < -0.3 is 20.5 Å². The fraction of sp³-hybridized carbons (Fsp3) is 0.846. The Morgan fingerprint density at radius 2 is 2.00 bits per heavy atom. The zero-order chi connectivity index (χ0) is 13.7. The lowest BCUT2D eigenvalue weighted by Crippen LogP contribution is -2.30. The third-order valence-electron chi connectivity index (χ3n) is 3.45. The summed E-state index contributed by atoms with van der Waals surface area (Å²) in [7, 11) is 0. The van der Waals surface area contributed by atoms with Crippen molar-refractivity contribution in [1.29, 1.82) is 0 Å². The Labute approximate surface area is 112 Å². The van der Waals surface area contributed by atoms with E-state index < -0.39 is 12.1 Å². The number of carboxylic acid groups (broad SMARTS) is 1. The number of nitrogens with one attached hydrogen (secondary N) is 2. The summed E-state index contributed by atoms with van der Waals surface area (Å²) in [5.74, 6) is -0.744. The quantitative estimate of drug-likeness (QED) is 0.551. The number of hydrogen-bond acceptors (Lipinski definition) is 4. The average molecular weight is 270 g/mol. The minimum absolute atomic E-state index is 0.0126. The molecule has 1 amide bonds. The molecule has 3 N–H and O–H groups in total. The van der Waals surface area contributed by atoms with Gasteiger partial charge in [-0.05, 0) is 38.6 Å². The highest BCUT2D eigenvalue weighted by atomic mass is 16.5. The van der Waals surface area contributed by atoms with Crippen molar-refractivity contribution in [2.45, 2.75) is 56.8 Å². The average Bonchev–Trinajstić information content (AvgIpc) is 3.04. The van der Waals surface area contributed by atoms with Crippen LogP contribution in [0.15, 0.2) is 0 Å². The van der Waals surface area contributed by atoms with E-state index in [2.05, 4.69) is 10.6 Å². The minimum Gasteiger partial charge on any atom is -0.479 e. The van der Waals surface area contributed by atoms with E-state index in [1.54, 1.807) is 0 Å². The molecule has 1 aliphatic heterocycles. The number of carbonyl (C=O) groups excluding carboxylic acids is 1. The molecule has 2 rings (SSSR count). The lowest BCUT2D eigenvalue weighted by atomic mass is 10.2. The Hall–Kier alpha value is -1.14. The molecule has 0 aromatic carbocycles. The van der Waals surface area contributed by atoms with Crippen LogP contribution in [0.1, 0.15) is 38.5 Å². The maximum absolute atomic E-state index is 11.4. The molecule has 1 saturated carbocycles. The van der Waals surface area contributed by atoms with Crippen LogP contribution in [0, 0.1) is 0 Å². The van der Waals surface area contributed by atoms with Crippen molar-refractivity contribution in [3.63, 3.8) is 0 Å². The minimum atomic E-state index is -0.876. The van der Waals surface area contributed by atoms with Crippen molar-refractivity contribution in [2.75, 3.05) is 13.1 Å². The van der Waals surface area contributed by atoms with Crippen LogP contribution >= 0.6 is 0 Å². The molecule has 1 aliphatic carbocycles. The SMILES string of the molecule is O=C(CCCNCC1CCC(C(=O)O)O1)NC1CC1. The lowest BCUT2D eigenvalue weighted by molar-refractivity contribution is -0.149. The number of hydrogen-bond donors (Lipinski definition) is 3. The Morgan fingerprint density at radius 1 is 1.21 bits per heavy atom. The van der Waals surface area contributed by atoms with Crippen LogP contribution in [-0.4, -0.2) is 48.3 Å². The Morgan fingerprint density at radius 3 is 2.63 bits per heavy atom. The van der Waals surface area contributed by atoms with Gasteiger partial charge in [-0.3, -0.25) is 4.79 Å². The summed E-state index contributed by atoms with van der Waals surface area (Å²) in [4.78, 5) is 22.1. The van der Waals surface area contributed by atoms with Crippen LogP contribution in [0.25, 0.3) is 0 Å². The summed E-state index contributed by atoms with van der Waals surface area (Å²) >= 11 is 0. The maximum atomic E-state index is 11.4. The monoisotopic (exact) mass is 270 g/mol. The summed E-state index contributed by atoms with van der Waals surface area (Å²) in [6.45, 7) is 1.42. The summed E-state index contributed by atoms with van der Waals surface area (Å²) in [5.41, 5.74) is 0. The first-order chi connectivity index (χ1) is 9.15. The Balaban J connectivity index is 1.45. The molecule has 0 spiro atoms. The van der Waals surface area contributed by atoms with Crippen LogP contribution in [0.3, 0.4) is 0 Å². The third-order valence-corrected chi connectivity index (χ3v) is 3.45. The van der Waals surface area contributed by atoms with Crippen LogP contribution in [0.4, 0.5) is 0 Å². The second-order valence-electron chi connectivity index (χ2n) is 5.31. The van der Waals surface area contributed by atoms with Crippen molar-refractivity contribution in [3.05, 3.63) is 0 Å². The molecular formula is C13H22N2O4. The summed E-state index contributed by atoms with van der Waals surface area (Å²) in [6, 6.07) is 0.431. The van der Waals surface area contributed by atoms with Crippen molar-refractivity contribution >= 4 is 11.9 Å². The zero-order valence-electron chi connectivity index (χ0n) is 11.1. The van der Waals surface area contributed by atoms with E-state index in [-0.39, 0.29) is 12.0 Å². The summed E-state index contributed by atoms with van der Waals surface area (Å²) in [6.07, 6.45) is 4.30. The van der Waals surface area contributed by atoms with Gasteiger partial charge in [0.1, 0.15) is 0 Å². The van der Waals surface area contributed by atoms with Gasteiger partial charge >= 0.3 is 5.97 Å². The number of aliphatic carboxylic acids is 1. The highest BCUT2D eigenvalue weighted by Crippen LogP contribution is 2.19. The van der Waals surface area contributed by atoms with Gasteiger partial charge in [-0.1, -0.05) is 0 Å². The number of carboxylic acids is 1. The highest BCUT2D eigenvalue weighted by Gasteiger charge is 2.29. The van der Waals surface area contributed by atoms with Gasteiger partial charge in [0.15, 0.2) is 6.10 Å². The molecule has 19 heavy (non-hydrogen) atoms.